The van der Waals surface area contributed by atoms with Crippen molar-refractivity contribution in [3.63, 3.8) is 0 Å². The highest BCUT2D eigenvalue weighted by molar-refractivity contribution is 7.18. The summed E-state index contributed by atoms with van der Waals surface area (Å²) in [6.07, 6.45) is 1.09. The lowest BCUT2D eigenvalue weighted by Crippen LogP contribution is -2.28. The number of hydrogen-bond acceptors (Lipinski definition) is 5. The molecule has 2 N–H and O–H groups in total. The fraction of sp³-hybridized carbons (Fsp3) is 0.0909. The Morgan fingerprint density at radius 2 is 2.30 bits per heavy atom. The normalized spacial score (nSPS) is 10.1. The summed E-state index contributed by atoms with van der Waals surface area (Å²) in [5.41, 5.74) is 0.845. The van der Waals surface area contributed by atoms with Gasteiger partial charge in [0.15, 0.2) is 5.13 Å². The van der Waals surface area contributed by atoms with Crippen LogP contribution in [0.25, 0.3) is 0 Å². The monoisotopic (exact) mass is 312 g/mol. The van der Waals surface area contributed by atoms with Crippen molar-refractivity contribution in [2.45, 2.75) is 6.54 Å². The molecule has 1 heterocycles. The van der Waals surface area contributed by atoms with Crippen molar-refractivity contribution in [1.29, 1.82) is 0 Å². The molecule has 0 saturated carbocycles. The Morgan fingerprint density at radius 3 is 2.95 bits per heavy atom. The standard InChI is InChI=1S/C11H9ClN4O3S/c12-8-3-1-2-7(4-8)5-13-10(17)15-11-14-6-9(20-11)16(18)19/h1-4,6H,5H2,(H2,13,14,15,17). The molecular formula is C11H9ClN4O3S. The molecule has 20 heavy (non-hydrogen) atoms. The van der Waals surface area contributed by atoms with Crippen molar-refractivity contribution >= 4 is 39.1 Å². The SMILES string of the molecule is O=C(NCc1cccc(Cl)c1)Nc1ncc([N+](=O)[O-])s1. The van der Waals surface area contributed by atoms with Crippen LogP contribution in [-0.4, -0.2) is 15.9 Å². The first kappa shape index (κ1) is 14.2. The smallest absolute Gasteiger partial charge is 0.334 e. The molecule has 9 heteroatoms. The third-order valence-corrected chi connectivity index (χ3v) is 3.34. The van der Waals surface area contributed by atoms with Gasteiger partial charge < -0.3 is 5.32 Å². The molecule has 0 bridgehead atoms. The first-order valence-corrected chi connectivity index (χ1v) is 6.63. The first-order chi connectivity index (χ1) is 9.54. The van der Waals surface area contributed by atoms with Crippen LogP contribution in [-0.2, 0) is 6.54 Å². The third kappa shape index (κ3) is 3.90. The minimum Gasteiger partial charge on any atom is -0.334 e. The summed E-state index contributed by atoms with van der Waals surface area (Å²) in [6, 6.07) is 6.58. The lowest BCUT2D eigenvalue weighted by molar-refractivity contribution is -0.380. The predicted octanol–water partition coefficient (Wildman–Crippen LogP) is 3.03. The molecule has 0 atom stereocenters. The Labute approximate surface area is 122 Å². The van der Waals surface area contributed by atoms with E-state index < -0.39 is 11.0 Å². The van der Waals surface area contributed by atoms with Gasteiger partial charge in [-0.3, -0.25) is 15.4 Å². The average Bonchev–Trinajstić information content (AvgIpc) is 2.85. The Bertz CT molecular complexity index is 646. The molecule has 1 aromatic carbocycles. The first-order valence-electron chi connectivity index (χ1n) is 5.44. The van der Waals surface area contributed by atoms with Crippen LogP contribution in [0.1, 0.15) is 5.56 Å². The van der Waals surface area contributed by atoms with Crippen LogP contribution in [0.2, 0.25) is 5.02 Å². The van der Waals surface area contributed by atoms with E-state index in [-0.39, 0.29) is 10.1 Å². The number of carbonyl (C=O) groups excluding carboxylic acids is 1. The molecule has 0 aliphatic heterocycles. The number of hydrogen-bond donors (Lipinski definition) is 2. The number of nitrogens with one attached hydrogen (secondary N) is 2. The van der Waals surface area contributed by atoms with Crippen LogP contribution in [0, 0.1) is 10.1 Å². The summed E-state index contributed by atoms with van der Waals surface area (Å²) < 4.78 is 0. The number of aromatic nitrogens is 1. The van der Waals surface area contributed by atoms with E-state index in [2.05, 4.69) is 15.6 Å². The summed E-state index contributed by atoms with van der Waals surface area (Å²) in [4.78, 5) is 25.2. The van der Waals surface area contributed by atoms with E-state index >= 15 is 0 Å². The molecule has 2 rings (SSSR count). The highest BCUT2D eigenvalue weighted by Crippen LogP contribution is 2.24. The summed E-state index contributed by atoms with van der Waals surface area (Å²) in [5, 5.41) is 16.1. The van der Waals surface area contributed by atoms with Gasteiger partial charge in [0.25, 0.3) is 0 Å². The van der Waals surface area contributed by atoms with Crippen LogP contribution < -0.4 is 10.6 Å². The van der Waals surface area contributed by atoms with Crippen molar-refractivity contribution in [1.82, 2.24) is 10.3 Å². The molecule has 0 fully saturated rings. The molecule has 104 valence electrons. The lowest BCUT2D eigenvalue weighted by Gasteiger charge is -2.05. The lowest BCUT2D eigenvalue weighted by atomic mass is 10.2. The zero-order valence-electron chi connectivity index (χ0n) is 10.00. The highest BCUT2D eigenvalue weighted by atomic mass is 35.5. The van der Waals surface area contributed by atoms with Gasteiger partial charge in [-0.2, -0.15) is 0 Å². The number of nitro groups is 1. The Morgan fingerprint density at radius 1 is 1.50 bits per heavy atom. The van der Waals surface area contributed by atoms with E-state index in [4.69, 9.17) is 11.6 Å². The highest BCUT2D eigenvalue weighted by Gasteiger charge is 2.13. The van der Waals surface area contributed by atoms with Gasteiger partial charge in [0.2, 0.25) is 0 Å². The quantitative estimate of drug-likeness (QED) is 0.669. The van der Waals surface area contributed by atoms with Gasteiger partial charge in [-0.05, 0) is 29.0 Å². The third-order valence-electron chi connectivity index (χ3n) is 2.24. The number of amides is 2. The molecule has 0 spiro atoms. The predicted molar refractivity (Wildman–Crippen MR) is 76.1 cm³/mol. The molecule has 1 aromatic heterocycles. The van der Waals surface area contributed by atoms with Crippen LogP contribution in [0.15, 0.2) is 30.5 Å². The van der Waals surface area contributed by atoms with Crippen molar-refractivity contribution in [2.75, 3.05) is 5.32 Å². The van der Waals surface area contributed by atoms with Gasteiger partial charge in [0.1, 0.15) is 6.20 Å². The molecule has 0 aliphatic carbocycles. The Kier molecular flexibility index (Phi) is 4.49. The number of rotatable bonds is 4. The molecule has 0 saturated heterocycles. The van der Waals surface area contributed by atoms with Crippen molar-refractivity contribution in [3.05, 3.63) is 51.2 Å². The van der Waals surface area contributed by atoms with Gasteiger partial charge >= 0.3 is 11.0 Å². The molecule has 7 nitrogen and oxygen atoms in total. The summed E-state index contributed by atoms with van der Waals surface area (Å²) in [7, 11) is 0. The number of halogens is 1. The van der Waals surface area contributed by atoms with E-state index in [1.54, 1.807) is 18.2 Å². The number of nitrogens with zero attached hydrogens (tertiary/aromatic N) is 2. The molecule has 2 amide bonds. The number of benzene rings is 1. The zero-order chi connectivity index (χ0) is 14.5. The van der Waals surface area contributed by atoms with Gasteiger partial charge in [-0.25, -0.2) is 9.78 Å². The maximum Gasteiger partial charge on any atom is 0.345 e. The zero-order valence-corrected chi connectivity index (χ0v) is 11.6. The van der Waals surface area contributed by atoms with Crippen LogP contribution in [0.5, 0.6) is 0 Å². The second-order valence-corrected chi connectivity index (χ2v) is 5.14. The second-order valence-electron chi connectivity index (χ2n) is 3.70. The van der Waals surface area contributed by atoms with E-state index in [1.807, 2.05) is 6.07 Å². The molecule has 2 aromatic rings. The van der Waals surface area contributed by atoms with Crippen LogP contribution in [0.3, 0.4) is 0 Å². The summed E-state index contributed by atoms with van der Waals surface area (Å²) >= 11 is 6.61. The van der Waals surface area contributed by atoms with E-state index in [0.717, 1.165) is 23.1 Å². The van der Waals surface area contributed by atoms with Crippen LogP contribution >= 0.6 is 22.9 Å². The van der Waals surface area contributed by atoms with Crippen molar-refractivity contribution in [2.24, 2.45) is 0 Å². The summed E-state index contributed by atoms with van der Waals surface area (Å²) in [5.74, 6) is 0. The average molecular weight is 313 g/mol. The molecule has 0 radical (unpaired) electrons. The van der Waals surface area contributed by atoms with Crippen LogP contribution in [0.4, 0.5) is 14.9 Å². The number of carbonyl (C=O) groups is 1. The molecular weight excluding hydrogens is 304 g/mol. The maximum absolute atomic E-state index is 11.6. The van der Waals surface area contributed by atoms with E-state index in [0.29, 0.717) is 11.6 Å². The van der Waals surface area contributed by atoms with Crippen molar-refractivity contribution in [3.8, 4) is 0 Å². The van der Waals surface area contributed by atoms with Gasteiger partial charge in [-0.15, -0.1) is 0 Å². The second kappa shape index (κ2) is 6.31. The Balaban J connectivity index is 1.87. The minimum atomic E-state index is -0.563. The fourth-order valence-electron chi connectivity index (χ4n) is 1.38. The topological polar surface area (TPSA) is 97.2 Å². The number of anilines is 1. The molecule has 0 unspecified atom stereocenters. The largest absolute Gasteiger partial charge is 0.345 e. The molecule has 0 aliphatic rings. The van der Waals surface area contributed by atoms with E-state index in [9.17, 15) is 14.9 Å². The van der Waals surface area contributed by atoms with Gasteiger partial charge in [0.05, 0.1) is 4.92 Å². The van der Waals surface area contributed by atoms with Gasteiger partial charge in [0, 0.05) is 11.6 Å². The maximum atomic E-state index is 11.6. The van der Waals surface area contributed by atoms with Gasteiger partial charge in [-0.1, -0.05) is 23.7 Å². The van der Waals surface area contributed by atoms with Crippen molar-refractivity contribution < 1.29 is 9.72 Å². The minimum absolute atomic E-state index is 0.129. The Hall–Kier alpha value is -2.19. The number of thiazole rings is 1. The number of urea groups is 1. The van der Waals surface area contributed by atoms with E-state index in [1.165, 1.54) is 0 Å². The fourth-order valence-corrected chi connectivity index (χ4v) is 2.22. The summed E-state index contributed by atoms with van der Waals surface area (Å²) in [6.45, 7) is 0.292.